The Morgan fingerprint density at radius 3 is 1.72 bits per heavy atom. The fourth-order valence-corrected chi connectivity index (χ4v) is 3.39. The van der Waals surface area contributed by atoms with Gasteiger partial charge in [0.2, 0.25) is 5.91 Å². The first-order valence-electron chi connectivity index (χ1n) is 11.4. The Labute approximate surface area is 192 Å². The number of Topliss-reactive ketones (excluding diaryl/α,β-unsaturated/α-hetero) is 1. The van der Waals surface area contributed by atoms with Crippen LogP contribution in [0, 0.1) is 5.41 Å². The first-order valence-corrected chi connectivity index (χ1v) is 11.4. The van der Waals surface area contributed by atoms with Crippen LogP contribution >= 0.6 is 0 Å². The summed E-state index contributed by atoms with van der Waals surface area (Å²) in [5.41, 5.74) is 2.71. The highest BCUT2D eigenvalue weighted by Crippen LogP contribution is 2.22. The molecule has 0 bridgehead atoms. The average molecular weight is 438 g/mol. The van der Waals surface area contributed by atoms with E-state index in [1.165, 1.54) is 0 Å². The Bertz CT molecular complexity index is 914. The summed E-state index contributed by atoms with van der Waals surface area (Å²) in [6.45, 7) is 15.6. The number of nitrogens with zero attached hydrogens (tertiary/aromatic N) is 3. The molecule has 0 saturated heterocycles. The molecule has 172 valence electrons. The predicted molar refractivity (Wildman–Crippen MR) is 131 cm³/mol. The van der Waals surface area contributed by atoms with Gasteiger partial charge in [-0.15, -0.1) is 0 Å². The predicted octanol–water partition coefficient (Wildman–Crippen LogP) is 6.07. The van der Waals surface area contributed by atoms with Gasteiger partial charge < -0.3 is 9.80 Å². The van der Waals surface area contributed by atoms with Crippen molar-refractivity contribution in [3.63, 3.8) is 0 Å². The first-order chi connectivity index (χ1) is 15.1. The van der Waals surface area contributed by atoms with Gasteiger partial charge in [-0.05, 0) is 62.7 Å². The molecule has 0 aromatic heterocycles. The van der Waals surface area contributed by atoms with Crippen molar-refractivity contribution in [1.29, 1.82) is 0 Å². The highest BCUT2D eigenvalue weighted by molar-refractivity contribution is 5.94. The number of azo groups is 1. The summed E-state index contributed by atoms with van der Waals surface area (Å²) in [6, 6.07) is 14.9. The minimum Gasteiger partial charge on any atom is -0.326 e. The quantitative estimate of drug-likeness (QED) is 0.362. The van der Waals surface area contributed by atoms with Gasteiger partial charge in [0.1, 0.15) is 6.54 Å². The van der Waals surface area contributed by atoms with Crippen LogP contribution in [0.15, 0.2) is 58.8 Å². The van der Waals surface area contributed by atoms with Crippen LogP contribution in [0.4, 0.5) is 17.1 Å². The van der Waals surface area contributed by atoms with E-state index >= 15 is 0 Å². The fourth-order valence-electron chi connectivity index (χ4n) is 3.39. The topological polar surface area (TPSA) is 70.9 Å². The van der Waals surface area contributed by atoms with E-state index in [0.717, 1.165) is 41.1 Å². The minimum atomic E-state index is -0.445. The maximum absolute atomic E-state index is 12.6. The Morgan fingerprint density at radius 2 is 1.28 bits per heavy atom. The monoisotopic (exact) mass is 437 g/mol. The number of likely N-dealkylation sites (N-methyl/N-ethyl adjacent to an activating group) is 1. The van der Waals surface area contributed by atoms with E-state index in [0.29, 0.717) is 18.7 Å². The largest absolute Gasteiger partial charge is 0.326 e. The van der Waals surface area contributed by atoms with Crippen molar-refractivity contribution in [2.75, 3.05) is 31.5 Å². The van der Waals surface area contributed by atoms with Gasteiger partial charge in [0.15, 0.2) is 5.78 Å². The van der Waals surface area contributed by atoms with Crippen LogP contribution in [0.1, 0.15) is 47.1 Å². The number of amides is 1. The van der Waals surface area contributed by atoms with Gasteiger partial charge >= 0.3 is 0 Å². The van der Waals surface area contributed by atoms with Crippen LogP contribution in [0.3, 0.4) is 0 Å². The molecular weight excluding hydrogens is 400 g/mol. The van der Waals surface area contributed by atoms with E-state index in [1.54, 1.807) is 0 Å². The second-order valence-corrected chi connectivity index (χ2v) is 9.28. The fraction of sp³-hybridized carbons (Fsp3) is 0.462. The normalized spacial score (nSPS) is 12.2. The zero-order chi connectivity index (χ0) is 23.8. The Morgan fingerprint density at radius 1 is 0.812 bits per heavy atom. The zero-order valence-electron chi connectivity index (χ0n) is 20.3. The van der Waals surface area contributed by atoms with Crippen molar-refractivity contribution in [1.82, 2.24) is 0 Å². The molecule has 1 amide bonds. The molecule has 0 aliphatic heterocycles. The van der Waals surface area contributed by atoms with Crippen LogP contribution in [0.25, 0.3) is 0 Å². The van der Waals surface area contributed by atoms with Gasteiger partial charge in [-0.2, -0.15) is 10.2 Å². The average Bonchev–Trinajstić information content (AvgIpc) is 2.77. The third-order valence-corrected chi connectivity index (χ3v) is 5.95. The summed E-state index contributed by atoms with van der Waals surface area (Å²) in [6.07, 6.45) is 0.444. The Hall–Kier alpha value is -2.86. The van der Waals surface area contributed by atoms with E-state index in [4.69, 9.17) is 0 Å². The molecule has 0 aliphatic rings. The van der Waals surface area contributed by atoms with E-state index < -0.39 is 5.41 Å². The molecule has 0 spiro atoms. The molecule has 0 radical (unpaired) electrons. The number of hydrogen-bond donors (Lipinski definition) is 1. The molecule has 2 aromatic rings. The van der Waals surface area contributed by atoms with Crippen molar-refractivity contribution in [3.8, 4) is 0 Å². The summed E-state index contributed by atoms with van der Waals surface area (Å²) in [5, 5.41) is 11.4. The number of benzene rings is 2. The lowest BCUT2D eigenvalue weighted by atomic mass is 9.95. The third kappa shape index (κ3) is 7.38. The smallest absolute Gasteiger partial charge is 0.229 e. The SMILES string of the molecule is CC[N+](CC)(CC)CC(=O)Cc1ccc(N=Nc2ccc(NC(=O)C(C)(C)C)cc2)cc1. The highest BCUT2D eigenvalue weighted by Gasteiger charge is 2.24. The van der Waals surface area contributed by atoms with Gasteiger partial charge in [0.25, 0.3) is 0 Å². The molecule has 1 N–H and O–H groups in total. The lowest BCUT2D eigenvalue weighted by molar-refractivity contribution is -0.915. The number of rotatable bonds is 10. The zero-order valence-corrected chi connectivity index (χ0v) is 20.3. The van der Waals surface area contributed by atoms with E-state index in [9.17, 15) is 9.59 Å². The number of carbonyl (C=O) groups excluding carboxylic acids is 2. The summed E-state index contributed by atoms with van der Waals surface area (Å²) in [4.78, 5) is 24.6. The molecule has 2 aromatic carbocycles. The standard InChI is InChI=1S/C26H36N4O2/c1-7-30(8-2,9-3)19-24(31)18-20-10-12-22(13-11-20)28-29-23-16-14-21(15-17-23)27-25(32)26(4,5)6/h10-17H,7-9,18-19H2,1-6H3/p+1. The van der Waals surface area contributed by atoms with E-state index in [1.807, 2.05) is 69.3 Å². The van der Waals surface area contributed by atoms with Gasteiger partial charge in [0, 0.05) is 17.5 Å². The van der Waals surface area contributed by atoms with Gasteiger partial charge in [0.05, 0.1) is 31.0 Å². The maximum Gasteiger partial charge on any atom is 0.229 e. The summed E-state index contributed by atoms with van der Waals surface area (Å²) in [7, 11) is 0. The second kappa shape index (κ2) is 11.1. The van der Waals surface area contributed by atoms with E-state index in [2.05, 4.69) is 36.3 Å². The highest BCUT2D eigenvalue weighted by atomic mass is 16.2. The van der Waals surface area contributed by atoms with Crippen molar-refractivity contribution in [2.45, 2.75) is 48.0 Å². The lowest BCUT2D eigenvalue weighted by Gasteiger charge is -2.35. The molecule has 6 nitrogen and oxygen atoms in total. The molecule has 32 heavy (non-hydrogen) atoms. The second-order valence-electron chi connectivity index (χ2n) is 9.28. The van der Waals surface area contributed by atoms with Gasteiger partial charge in [-0.25, -0.2) is 0 Å². The van der Waals surface area contributed by atoms with E-state index in [-0.39, 0.29) is 11.7 Å². The minimum absolute atomic E-state index is 0.0332. The van der Waals surface area contributed by atoms with Crippen LogP contribution in [-0.4, -0.2) is 42.4 Å². The number of hydrogen-bond acceptors (Lipinski definition) is 4. The van der Waals surface area contributed by atoms with Crippen LogP contribution in [0.2, 0.25) is 0 Å². The molecule has 0 saturated carbocycles. The molecule has 0 unspecified atom stereocenters. The summed E-state index contributed by atoms with van der Waals surface area (Å²) < 4.78 is 0.837. The first kappa shape index (κ1) is 25.4. The van der Waals surface area contributed by atoms with Gasteiger partial charge in [-0.1, -0.05) is 32.9 Å². The molecule has 0 heterocycles. The Balaban J connectivity index is 1.94. The molecule has 2 rings (SSSR count). The van der Waals surface area contributed by atoms with Gasteiger partial charge in [-0.3, -0.25) is 9.59 Å². The van der Waals surface area contributed by atoms with Crippen molar-refractivity contribution in [3.05, 3.63) is 54.1 Å². The van der Waals surface area contributed by atoms with Crippen LogP contribution < -0.4 is 5.32 Å². The summed E-state index contributed by atoms with van der Waals surface area (Å²) >= 11 is 0. The van der Waals surface area contributed by atoms with Crippen LogP contribution in [0.5, 0.6) is 0 Å². The number of carbonyl (C=O) groups is 2. The van der Waals surface area contributed by atoms with Crippen molar-refractivity contribution in [2.24, 2.45) is 15.6 Å². The summed E-state index contributed by atoms with van der Waals surface area (Å²) in [5.74, 6) is 0.234. The molecule has 0 fully saturated rings. The number of ketones is 1. The lowest BCUT2D eigenvalue weighted by Crippen LogP contribution is -2.51. The number of anilines is 1. The third-order valence-electron chi connectivity index (χ3n) is 5.95. The molecule has 6 heteroatoms. The number of nitrogens with one attached hydrogen (secondary N) is 1. The Kier molecular flexibility index (Phi) is 8.84. The van der Waals surface area contributed by atoms with Crippen molar-refractivity contribution < 1.29 is 14.1 Å². The number of quaternary nitrogens is 1. The van der Waals surface area contributed by atoms with Crippen LogP contribution in [-0.2, 0) is 16.0 Å². The molecular formula is C26H37N4O2+. The molecule has 0 aliphatic carbocycles. The molecule has 0 atom stereocenters. The van der Waals surface area contributed by atoms with Crippen molar-refractivity contribution >= 4 is 28.8 Å². The maximum atomic E-state index is 12.6.